The average molecular weight is 346 g/mol. The fourth-order valence-corrected chi connectivity index (χ4v) is 3.29. The van der Waals surface area contributed by atoms with Gasteiger partial charge in [0.2, 0.25) is 5.91 Å². The maximum atomic E-state index is 11.6. The predicted molar refractivity (Wildman–Crippen MR) is 98.5 cm³/mol. The quantitative estimate of drug-likeness (QED) is 0.746. The summed E-state index contributed by atoms with van der Waals surface area (Å²) in [5.74, 6) is 1.01. The number of benzene rings is 1. The molecule has 0 aliphatic carbocycles. The molecule has 1 amide bonds. The summed E-state index contributed by atoms with van der Waals surface area (Å²) in [4.78, 5) is 18.1. The Hall–Kier alpha value is -1.88. The van der Waals surface area contributed by atoms with Gasteiger partial charge in [0, 0.05) is 18.8 Å². The van der Waals surface area contributed by atoms with E-state index in [2.05, 4.69) is 44.8 Å². The van der Waals surface area contributed by atoms with Gasteiger partial charge in [0.15, 0.2) is 0 Å². The van der Waals surface area contributed by atoms with Gasteiger partial charge in [-0.05, 0) is 49.9 Å². The van der Waals surface area contributed by atoms with Gasteiger partial charge in [-0.3, -0.25) is 4.79 Å². The summed E-state index contributed by atoms with van der Waals surface area (Å²) in [7, 11) is 0. The van der Waals surface area contributed by atoms with Crippen LogP contribution in [0.25, 0.3) is 0 Å². The van der Waals surface area contributed by atoms with Crippen LogP contribution in [-0.4, -0.2) is 22.3 Å². The summed E-state index contributed by atoms with van der Waals surface area (Å²) in [6, 6.07) is 4.23. The number of carbonyl (C=O) groups excluding carboxylic acids is 1. The SMILES string of the molecule is CCCN(Cc1csc(COc2cc(C)cc(C)c2C)n1)C(C)=O. The van der Waals surface area contributed by atoms with Crippen LogP contribution < -0.4 is 4.74 Å². The number of carbonyl (C=O) groups is 1. The Morgan fingerprint density at radius 2 is 2.04 bits per heavy atom. The van der Waals surface area contributed by atoms with E-state index in [4.69, 9.17) is 4.74 Å². The highest BCUT2D eigenvalue weighted by Gasteiger charge is 2.12. The van der Waals surface area contributed by atoms with Gasteiger partial charge in [-0.15, -0.1) is 11.3 Å². The molecule has 2 aromatic rings. The van der Waals surface area contributed by atoms with Gasteiger partial charge in [-0.1, -0.05) is 13.0 Å². The number of hydrogen-bond acceptors (Lipinski definition) is 4. The molecule has 4 nitrogen and oxygen atoms in total. The number of aromatic nitrogens is 1. The smallest absolute Gasteiger partial charge is 0.219 e. The Morgan fingerprint density at radius 3 is 2.71 bits per heavy atom. The summed E-state index contributed by atoms with van der Waals surface area (Å²) in [5, 5.41) is 2.95. The zero-order valence-electron chi connectivity index (χ0n) is 15.2. The van der Waals surface area contributed by atoms with Crippen LogP contribution in [0, 0.1) is 20.8 Å². The van der Waals surface area contributed by atoms with Crippen molar-refractivity contribution in [3.05, 3.63) is 44.9 Å². The van der Waals surface area contributed by atoms with Crippen LogP contribution in [0.4, 0.5) is 0 Å². The molecule has 5 heteroatoms. The normalized spacial score (nSPS) is 10.7. The van der Waals surface area contributed by atoms with Crippen LogP contribution in [0.1, 0.15) is 47.7 Å². The van der Waals surface area contributed by atoms with E-state index < -0.39 is 0 Å². The highest BCUT2D eigenvalue weighted by atomic mass is 32.1. The first-order chi connectivity index (χ1) is 11.4. The fraction of sp³-hybridized carbons (Fsp3) is 0.474. The molecule has 0 saturated carbocycles. The molecule has 130 valence electrons. The van der Waals surface area contributed by atoms with Crippen molar-refractivity contribution >= 4 is 17.2 Å². The lowest BCUT2D eigenvalue weighted by Gasteiger charge is -2.18. The summed E-state index contributed by atoms with van der Waals surface area (Å²) in [6.07, 6.45) is 0.950. The highest BCUT2D eigenvalue weighted by molar-refractivity contribution is 7.09. The molecule has 0 N–H and O–H groups in total. The number of aryl methyl sites for hydroxylation is 2. The van der Waals surface area contributed by atoms with Crippen molar-refractivity contribution in [1.82, 2.24) is 9.88 Å². The Labute approximate surface area is 148 Å². The molecule has 0 atom stereocenters. The molecule has 0 bridgehead atoms. The molecule has 0 radical (unpaired) electrons. The molecule has 1 aromatic carbocycles. The molecule has 24 heavy (non-hydrogen) atoms. The van der Waals surface area contributed by atoms with Crippen molar-refractivity contribution < 1.29 is 9.53 Å². The number of amides is 1. The molecular weight excluding hydrogens is 320 g/mol. The van der Waals surface area contributed by atoms with Crippen molar-refractivity contribution in [3.63, 3.8) is 0 Å². The van der Waals surface area contributed by atoms with Crippen LogP contribution in [0.5, 0.6) is 5.75 Å². The van der Waals surface area contributed by atoms with Crippen molar-refractivity contribution in [2.24, 2.45) is 0 Å². The van der Waals surface area contributed by atoms with E-state index in [1.165, 1.54) is 16.7 Å². The van der Waals surface area contributed by atoms with E-state index in [1.807, 2.05) is 10.3 Å². The number of hydrogen-bond donors (Lipinski definition) is 0. The van der Waals surface area contributed by atoms with Crippen molar-refractivity contribution in [1.29, 1.82) is 0 Å². The molecule has 0 saturated heterocycles. The number of rotatable bonds is 7. The standard InChI is InChI=1S/C19H26N2O2S/c1-6-7-21(16(5)22)10-17-12-24-19(20-17)11-23-18-9-13(2)8-14(3)15(18)4/h8-9,12H,6-7,10-11H2,1-5H3. The number of nitrogens with zero attached hydrogens (tertiary/aromatic N) is 2. The van der Waals surface area contributed by atoms with Crippen LogP contribution in [-0.2, 0) is 17.9 Å². The van der Waals surface area contributed by atoms with Gasteiger partial charge in [0.25, 0.3) is 0 Å². The lowest BCUT2D eigenvalue weighted by atomic mass is 10.1. The van der Waals surface area contributed by atoms with Gasteiger partial charge in [0.05, 0.1) is 12.2 Å². The first kappa shape index (κ1) is 18.5. The molecule has 2 rings (SSSR count). The zero-order chi connectivity index (χ0) is 17.7. The van der Waals surface area contributed by atoms with E-state index in [0.717, 1.165) is 29.4 Å². The summed E-state index contributed by atoms with van der Waals surface area (Å²) in [6.45, 7) is 11.7. The molecule has 0 aliphatic heterocycles. The van der Waals surface area contributed by atoms with E-state index in [-0.39, 0.29) is 5.91 Å². The first-order valence-electron chi connectivity index (χ1n) is 8.30. The van der Waals surface area contributed by atoms with Crippen LogP contribution in [0.15, 0.2) is 17.5 Å². The minimum absolute atomic E-state index is 0.0912. The lowest BCUT2D eigenvalue weighted by Crippen LogP contribution is -2.29. The Kier molecular flexibility index (Phi) is 6.37. The average Bonchev–Trinajstić information content (AvgIpc) is 2.96. The second kappa shape index (κ2) is 8.29. The van der Waals surface area contributed by atoms with Crippen molar-refractivity contribution in [2.45, 2.75) is 54.2 Å². The topological polar surface area (TPSA) is 42.4 Å². The monoisotopic (exact) mass is 346 g/mol. The Morgan fingerprint density at radius 1 is 1.29 bits per heavy atom. The molecule has 0 spiro atoms. The zero-order valence-corrected chi connectivity index (χ0v) is 16.0. The molecule has 1 aromatic heterocycles. The summed E-state index contributed by atoms with van der Waals surface area (Å²) in [5.41, 5.74) is 4.54. The van der Waals surface area contributed by atoms with Crippen molar-refractivity contribution in [2.75, 3.05) is 6.54 Å². The first-order valence-corrected chi connectivity index (χ1v) is 9.18. The fourth-order valence-electron chi connectivity index (χ4n) is 2.59. The molecule has 0 aliphatic rings. The van der Waals surface area contributed by atoms with Crippen LogP contribution in [0.2, 0.25) is 0 Å². The van der Waals surface area contributed by atoms with Gasteiger partial charge in [0.1, 0.15) is 17.4 Å². The maximum Gasteiger partial charge on any atom is 0.219 e. The van der Waals surface area contributed by atoms with E-state index in [1.54, 1.807) is 18.3 Å². The van der Waals surface area contributed by atoms with Gasteiger partial charge < -0.3 is 9.64 Å². The van der Waals surface area contributed by atoms with Crippen molar-refractivity contribution in [3.8, 4) is 5.75 Å². The Bertz CT molecular complexity index is 709. The largest absolute Gasteiger partial charge is 0.486 e. The van der Waals surface area contributed by atoms with Gasteiger partial charge in [-0.25, -0.2) is 4.98 Å². The summed E-state index contributed by atoms with van der Waals surface area (Å²) >= 11 is 1.58. The third-order valence-corrected chi connectivity index (χ3v) is 4.88. The van der Waals surface area contributed by atoms with Crippen LogP contribution in [0.3, 0.4) is 0 Å². The third kappa shape index (κ3) is 4.81. The number of thiazole rings is 1. The third-order valence-electron chi connectivity index (χ3n) is 4.01. The van der Waals surface area contributed by atoms with E-state index >= 15 is 0 Å². The van der Waals surface area contributed by atoms with Crippen LogP contribution >= 0.6 is 11.3 Å². The molecular formula is C19H26N2O2S. The van der Waals surface area contributed by atoms with E-state index in [0.29, 0.717) is 13.2 Å². The minimum Gasteiger partial charge on any atom is -0.486 e. The molecule has 0 fully saturated rings. The predicted octanol–water partition coefficient (Wildman–Crippen LogP) is 4.41. The second-order valence-corrected chi connectivity index (χ2v) is 7.11. The molecule has 0 unspecified atom stereocenters. The van der Waals surface area contributed by atoms with Gasteiger partial charge in [-0.2, -0.15) is 0 Å². The lowest BCUT2D eigenvalue weighted by molar-refractivity contribution is -0.129. The summed E-state index contributed by atoms with van der Waals surface area (Å²) < 4.78 is 5.97. The number of ether oxygens (including phenoxy) is 1. The maximum absolute atomic E-state index is 11.6. The van der Waals surface area contributed by atoms with Gasteiger partial charge >= 0.3 is 0 Å². The molecule has 1 heterocycles. The Balaban J connectivity index is 2.00. The van der Waals surface area contributed by atoms with E-state index in [9.17, 15) is 4.79 Å². The second-order valence-electron chi connectivity index (χ2n) is 6.17. The minimum atomic E-state index is 0.0912. The highest BCUT2D eigenvalue weighted by Crippen LogP contribution is 2.24.